The van der Waals surface area contributed by atoms with Gasteiger partial charge in [-0.15, -0.1) is 0 Å². The van der Waals surface area contributed by atoms with Crippen molar-refractivity contribution in [2.24, 2.45) is 0 Å². The first-order valence-corrected chi connectivity index (χ1v) is 15.1. The minimum absolute atomic E-state index is 0.282. The molecule has 0 spiro atoms. The fourth-order valence-corrected chi connectivity index (χ4v) is 4.66. The zero-order chi connectivity index (χ0) is 25.7. The summed E-state index contributed by atoms with van der Waals surface area (Å²) in [6.45, 7) is 4.36. The van der Waals surface area contributed by atoms with Crippen LogP contribution in [-0.4, -0.2) is 53.1 Å². The lowest BCUT2D eigenvalue weighted by atomic mass is 10.0. The predicted octanol–water partition coefficient (Wildman–Crippen LogP) is 5.31. The number of hydrogen-bond acceptors (Lipinski definition) is 5. The normalized spacial score (nSPS) is 14.9. The second-order valence-corrected chi connectivity index (χ2v) is 11.0. The fraction of sp³-hybridized carbons (Fsp3) is 0.885. The van der Waals surface area contributed by atoms with Crippen LogP contribution in [0.15, 0.2) is 12.2 Å². The van der Waals surface area contributed by atoms with Crippen molar-refractivity contribution >= 4 is 16.0 Å². The lowest BCUT2D eigenvalue weighted by Crippen LogP contribution is -2.50. The summed E-state index contributed by atoms with van der Waals surface area (Å²) in [4.78, 5) is 12.3. The largest absolute Gasteiger partial charge is 0.387 e. The number of nitrogens with one attached hydrogen (secondary N) is 1. The molecule has 4 N–H and O–H groups in total. The molecule has 8 heteroatoms. The lowest BCUT2D eigenvalue weighted by Gasteiger charge is -2.22. The fourth-order valence-electron chi connectivity index (χ4n) is 3.92. The number of aliphatic hydroxyl groups excluding tert-OH is 2. The molecule has 0 aliphatic carbocycles. The van der Waals surface area contributed by atoms with Gasteiger partial charge in [0.15, 0.2) is 0 Å². The minimum Gasteiger partial charge on any atom is -0.387 e. The van der Waals surface area contributed by atoms with E-state index in [4.69, 9.17) is 0 Å². The summed E-state index contributed by atoms with van der Waals surface area (Å²) in [5.41, 5.74) is 0. The van der Waals surface area contributed by atoms with Gasteiger partial charge in [0.1, 0.15) is 6.10 Å². The van der Waals surface area contributed by atoms with Crippen molar-refractivity contribution in [3.63, 3.8) is 0 Å². The average molecular weight is 506 g/mol. The summed E-state index contributed by atoms with van der Waals surface area (Å²) in [5, 5.41) is 22.9. The van der Waals surface area contributed by atoms with Gasteiger partial charge in [-0.2, -0.15) is 8.42 Å². The Bertz CT molecular complexity index is 623. The van der Waals surface area contributed by atoms with E-state index in [-0.39, 0.29) is 6.42 Å². The summed E-state index contributed by atoms with van der Waals surface area (Å²) in [5.74, 6) is -1.54. The first-order chi connectivity index (χ1) is 16.2. The highest BCUT2D eigenvalue weighted by Gasteiger charge is 2.27. The Balaban J connectivity index is 4.36. The third kappa shape index (κ3) is 20.4. The Morgan fingerprint density at radius 1 is 0.794 bits per heavy atom. The molecular weight excluding hydrogens is 454 g/mol. The number of carbonyl (C=O) groups excluding carboxylic acids is 1. The number of amides is 1. The van der Waals surface area contributed by atoms with Crippen LogP contribution in [0.5, 0.6) is 0 Å². The van der Waals surface area contributed by atoms with Gasteiger partial charge in [0.05, 0.1) is 17.9 Å². The van der Waals surface area contributed by atoms with E-state index in [1.807, 2.05) is 0 Å². The van der Waals surface area contributed by atoms with Gasteiger partial charge in [-0.05, 0) is 19.3 Å². The Hall–Kier alpha value is -0.960. The Morgan fingerprint density at radius 2 is 1.26 bits per heavy atom. The zero-order valence-corrected chi connectivity index (χ0v) is 22.4. The van der Waals surface area contributed by atoms with E-state index in [0.29, 0.717) is 6.42 Å². The number of rotatable bonds is 23. The van der Waals surface area contributed by atoms with Crippen LogP contribution in [0.4, 0.5) is 0 Å². The van der Waals surface area contributed by atoms with Crippen molar-refractivity contribution in [3.8, 4) is 0 Å². The molecule has 0 heterocycles. The third-order valence-electron chi connectivity index (χ3n) is 6.07. The quantitative estimate of drug-likeness (QED) is 0.0847. The summed E-state index contributed by atoms with van der Waals surface area (Å²) >= 11 is 0. The molecule has 0 aliphatic rings. The van der Waals surface area contributed by atoms with Crippen LogP contribution >= 0.6 is 0 Å². The van der Waals surface area contributed by atoms with Crippen LogP contribution in [0.1, 0.15) is 123 Å². The SMILES string of the molecule is CCCCCCCC/C=C/C(O)C(CS(=O)(=O)O)NC(=O)C(O)CCCCCCCCCCC. The highest BCUT2D eigenvalue weighted by atomic mass is 32.2. The van der Waals surface area contributed by atoms with E-state index in [1.54, 1.807) is 6.08 Å². The van der Waals surface area contributed by atoms with Crippen LogP contribution in [-0.2, 0) is 14.9 Å². The van der Waals surface area contributed by atoms with Crippen molar-refractivity contribution in [1.82, 2.24) is 5.32 Å². The van der Waals surface area contributed by atoms with Crippen molar-refractivity contribution in [2.45, 2.75) is 141 Å². The molecule has 202 valence electrons. The molecule has 0 rings (SSSR count). The molecule has 34 heavy (non-hydrogen) atoms. The van der Waals surface area contributed by atoms with E-state index < -0.39 is 40.0 Å². The standard InChI is InChI=1S/C26H51NO6S/c1-3-5-7-9-11-13-15-17-19-21-25(29)26(30)27-23(22-34(31,32)33)24(28)20-18-16-14-12-10-8-6-4-2/h18,20,23-25,28-29H,3-17,19,21-22H2,1-2H3,(H,27,30)(H,31,32,33)/b20-18+. The van der Waals surface area contributed by atoms with Gasteiger partial charge in [0, 0.05) is 0 Å². The van der Waals surface area contributed by atoms with Crippen LogP contribution < -0.4 is 5.32 Å². The minimum atomic E-state index is -4.41. The Morgan fingerprint density at radius 3 is 1.76 bits per heavy atom. The molecule has 7 nitrogen and oxygen atoms in total. The molecule has 0 saturated heterocycles. The van der Waals surface area contributed by atoms with Gasteiger partial charge < -0.3 is 15.5 Å². The number of allylic oxidation sites excluding steroid dienone is 1. The van der Waals surface area contributed by atoms with E-state index in [2.05, 4.69) is 19.2 Å². The molecule has 0 aliphatic heterocycles. The van der Waals surface area contributed by atoms with E-state index in [1.165, 1.54) is 63.9 Å². The van der Waals surface area contributed by atoms with Gasteiger partial charge in [0.2, 0.25) is 5.91 Å². The first-order valence-electron chi connectivity index (χ1n) is 13.5. The maximum absolute atomic E-state index is 12.3. The van der Waals surface area contributed by atoms with E-state index in [0.717, 1.165) is 38.5 Å². The van der Waals surface area contributed by atoms with Crippen molar-refractivity contribution in [3.05, 3.63) is 12.2 Å². The maximum Gasteiger partial charge on any atom is 0.267 e. The topological polar surface area (TPSA) is 124 Å². The van der Waals surface area contributed by atoms with Gasteiger partial charge in [-0.1, -0.05) is 116 Å². The summed E-state index contributed by atoms with van der Waals surface area (Å²) in [6, 6.07) is -1.22. The molecule has 0 aromatic carbocycles. The summed E-state index contributed by atoms with van der Waals surface area (Å²) < 4.78 is 31.9. The zero-order valence-electron chi connectivity index (χ0n) is 21.6. The third-order valence-corrected chi connectivity index (χ3v) is 6.85. The molecule has 3 unspecified atom stereocenters. The van der Waals surface area contributed by atoms with Crippen molar-refractivity contribution in [1.29, 1.82) is 0 Å². The van der Waals surface area contributed by atoms with E-state index in [9.17, 15) is 28.0 Å². The first kappa shape index (κ1) is 33.0. The molecule has 0 fully saturated rings. The molecule has 3 atom stereocenters. The van der Waals surface area contributed by atoms with Crippen molar-refractivity contribution in [2.75, 3.05) is 5.75 Å². The number of carbonyl (C=O) groups is 1. The van der Waals surface area contributed by atoms with Crippen LogP contribution in [0.25, 0.3) is 0 Å². The Labute approximate surface area is 208 Å². The molecule has 0 bridgehead atoms. The lowest BCUT2D eigenvalue weighted by molar-refractivity contribution is -0.130. The van der Waals surface area contributed by atoms with Crippen LogP contribution in [0.3, 0.4) is 0 Å². The number of hydrogen-bond donors (Lipinski definition) is 4. The highest BCUT2D eigenvalue weighted by Crippen LogP contribution is 2.12. The second-order valence-electron chi connectivity index (χ2n) is 9.47. The van der Waals surface area contributed by atoms with Gasteiger partial charge >= 0.3 is 0 Å². The number of unbranched alkanes of at least 4 members (excludes halogenated alkanes) is 14. The smallest absolute Gasteiger partial charge is 0.267 e. The molecule has 0 aromatic rings. The van der Waals surface area contributed by atoms with Gasteiger partial charge in [-0.25, -0.2) is 0 Å². The number of aliphatic hydroxyl groups is 2. The molecule has 0 saturated carbocycles. The molecule has 1 amide bonds. The summed E-state index contributed by atoms with van der Waals surface area (Å²) in [6.07, 6.45) is 18.7. The molecular formula is C26H51NO6S. The molecule has 0 radical (unpaired) electrons. The van der Waals surface area contributed by atoms with Crippen LogP contribution in [0, 0.1) is 0 Å². The average Bonchev–Trinajstić information content (AvgIpc) is 2.78. The van der Waals surface area contributed by atoms with E-state index >= 15 is 0 Å². The Kier molecular flexibility index (Phi) is 20.7. The summed E-state index contributed by atoms with van der Waals surface area (Å²) in [7, 11) is -4.41. The maximum atomic E-state index is 12.3. The highest BCUT2D eigenvalue weighted by molar-refractivity contribution is 7.85. The monoisotopic (exact) mass is 505 g/mol. The van der Waals surface area contributed by atoms with Crippen molar-refractivity contribution < 1.29 is 28.0 Å². The molecule has 0 aromatic heterocycles. The predicted molar refractivity (Wildman–Crippen MR) is 139 cm³/mol. The van der Waals surface area contributed by atoms with Gasteiger partial charge in [-0.3, -0.25) is 9.35 Å². The van der Waals surface area contributed by atoms with Crippen LogP contribution in [0.2, 0.25) is 0 Å². The van der Waals surface area contributed by atoms with Gasteiger partial charge in [0.25, 0.3) is 10.1 Å². The second kappa shape index (κ2) is 21.3.